The molecule has 0 aromatic heterocycles. The second-order valence-electron chi connectivity index (χ2n) is 3.73. The normalized spacial score (nSPS) is 13.2. The fraction of sp³-hybridized carbons (Fsp3) is 0.364. The minimum absolute atomic E-state index is 0.0607. The topological polar surface area (TPSA) is 55.1 Å². The largest absolute Gasteiger partial charge is 0.416 e. The van der Waals surface area contributed by atoms with Gasteiger partial charge in [0.05, 0.1) is 11.6 Å². The highest BCUT2D eigenvalue weighted by Crippen LogP contribution is 2.33. The molecule has 0 fully saturated rings. The number of carbonyl (C=O) groups excluding carboxylic acids is 1. The minimum atomic E-state index is -4.46. The first-order valence-electron chi connectivity index (χ1n) is 5.18. The molecule has 7 heteroatoms. The van der Waals surface area contributed by atoms with E-state index in [0.717, 1.165) is 12.1 Å². The third-order valence-corrected chi connectivity index (χ3v) is 2.73. The highest BCUT2D eigenvalue weighted by Gasteiger charge is 2.31. The maximum absolute atomic E-state index is 12.6. The van der Waals surface area contributed by atoms with E-state index in [9.17, 15) is 18.0 Å². The molecule has 0 saturated heterocycles. The number of nitrogens with one attached hydrogen (secondary N) is 1. The van der Waals surface area contributed by atoms with E-state index in [2.05, 4.69) is 21.2 Å². The minimum Gasteiger partial charge on any atom is -0.325 e. The smallest absolute Gasteiger partial charge is 0.325 e. The molecular formula is C11H12BrF3N2O. The molecular weight excluding hydrogens is 313 g/mol. The lowest BCUT2D eigenvalue weighted by atomic mass is 10.1. The van der Waals surface area contributed by atoms with E-state index in [1.807, 2.05) is 0 Å². The van der Waals surface area contributed by atoms with Gasteiger partial charge in [0.2, 0.25) is 5.91 Å². The first-order chi connectivity index (χ1) is 8.24. The van der Waals surface area contributed by atoms with Crippen LogP contribution in [0.2, 0.25) is 0 Å². The number of anilines is 1. The Morgan fingerprint density at radius 3 is 2.56 bits per heavy atom. The zero-order chi connectivity index (χ0) is 13.9. The molecule has 0 saturated carbocycles. The molecule has 0 spiro atoms. The standard InChI is InChI=1S/C11H12BrF3N2O/c1-2-9(16)10(18)17-8-4-6(11(13,14)15)3-7(12)5-8/h3-5,9H,2,16H2,1H3,(H,17,18)/t9-/m1/s1. The second-order valence-corrected chi connectivity index (χ2v) is 4.65. The summed E-state index contributed by atoms with van der Waals surface area (Å²) in [6.07, 6.45) is -4.05. The monoisotopic (exact) mass is 324 g/mol. The van der Waals surface area contributed by atoms with Gasteiger partial charge in [0.1, 0.15) is 0 Å². The number of alkyl halides is 3. The molecule has 1 aromatic rings. The van der Waals surface area contributed by atoms with Crippen molar-refractivity contribution in [2.24, 2.45) is 5.73 Å². The van der Waals surface area contributed by atoms with Crippen molar-refractivity contribution in [2.45, 2.75) is 25.6 Å². The van der Waals surface area contributed by atoms with E-state index in [1.165, 1.54) is 6.07 Å². The average Bonchev–Trinajstić information content (AvgIpc) is 2.25. The molecule has 0 aliphatic carbocycles. The van der Waals surface area contributed by atoms with Crippen LogP contribution < -0.4 is 11.1 Å². The van der Waals surface area contributed by atoms with Crippen molar-refractivity contribution in [3.63, 3.8) is 0 Å². The van der Waals surface area contributed by atoms with Gasteiger partial charge in [0, 0.05) is 10.2 Å². The molecule has 100 valence electrons. The highest BCUT2D eigenvalue weighted by atomic mass is 79.9. The van der Waals surface area contributed by atoms with Crippen LogP contribution >= 0.6 is 15.9 Å². The Bertz CT molecular complexity index is 448. The van der Waals surface area contributed by atoms with Gasteiger partial charge in [0.25, 0.3) is 0 Å². The molecule has 0 aliphatic rings. The summed E-state index contributed by atoms with van der Waals surface area (Å²) >= 11 is 2.97. The van der Waals surface area contributed by atoms with Crippen molar-refractivity contribution < 1.29 is 18.0 Å². The average molecular weight is 325 g/mol. The number of benzene rings is 1. The summed E-state index contributed by atoms with van der Waals surface area (Å²) in [4.78, 5) is 11.5. The van der Waals surface area contributed by atoms with Crippen LogP contribution in [0.4, 0.5) is 18.9 Å². The maximum Gasteiger partial charge on any atom is 0.416 e. The van der Waals surface area contributed by atoms with Crippen molar-refractivity contribution in [1.29, 1.82) is 0 Å². The molecule has 0 heterocycles. The Kier molecular flexibility index (Phi) is 4.75. The molecule has 0 unspecified atom stereocenters. The van der Waals surface area contributed by atoms with Crippen LogP contribution in [0.5, 0.6) is 0 Å². The predicted octanol–water partition coefficient (Wildman–Crippen LogP) is 3.14. The van der Waals surface area contributed by atoms with Gasteiger partial charge in [-0.05, 0) is 24.6 Å². The number of hydrogen-bond donors (Lipinski definition) is 2. The third kappa shape index (κ3) is 3.99. The lowest BCUT2D eigenvalue weighted by Crippen LogP contribution is -2.34. The highest BCUT2D eigenvalue weighted by molar-refractivity contribution is 9.10. The summed E-state index contributed by atoms with van der Waals surface area (Å²) in [5, 5.41) is 2.35. The van der Waals surface area contributed by atoms with Crippen molar-refractivity contribution in [2.75, 3.05) is 5.32 Å². The number of hydrogen-bond acceptors (Lipinski definition) is 2. The van der Waals surface area contributed by atoms with Crippen molar-refractivity contribution in [3.05, 3.63) is 28.2 Å². The first kappa shape index (κ1) is 15.0. The summed E-state index contributed by atoms with van der Waals surface area (Å²) < 4.78 is 37.9. The summed E-state index contributed by atoms with van der Waals surface area (Å²) in [5.74, 6) is -0.510. The van der Waals surface area contributed by atoms with Crippen LogP contribution in [0.25, 0.3) is 0 Å². The molecule has 3 nitrogen and oxygen atoms in total. The van der Waals surface area contributed by atoms with Gasteiger partial charge in [-0.15, -0.1) is 0 Å². The van der Waals surface area contributed by atoms with Crippen molar-refractivity contribution >= 4 is 27.5 Å². The zero-order valence-electron chi connectivity index (χ0n) is 9.51. The SMILES string of the molecule is CC[C@@H](N)C(=O)Nc1cc(Br)cc(C(F)(F)F)c1. The van der Waals surface area contributed by atoms with E-state index < -0.39 is 23.7 Å². The molecule has 0 aliphatic heterocycles. The van der Waals surface area contributed by atoms with Crippen LogP contribution in [0.3, 0.4) is 0 Å². The molecule has 1 rings (SSSR count). The Labute approximate surface area is 111 Å². The van der Waals surface area contributed by atoms with E-state index in [4.69, 9.17) is 5.73 Å². The van der Waals surface area contributed by atoms with Crippen LogP contribution in [0, 0.1) is 0 Å². The van der Waals surface area contributed by atoms with Crippen molar-refractivity contribution in [1.82, 2.24) is 0 Å². The number of nitrogens with two attached hydrogens (primary N) is 1. The lowest BCUT2D eigenvalue weighted by Gasteiger charge is -2.13. The van der Waals surface area contributed by atoms with E-state index in [0.29, 0.717) is 6.42 Å². The first-order valence-corrected chi connectivity index (χ1v) is 5.97. The molecule has 18 heavy (non-hydrogen) atoms. The summed E-state index contributed by atoms with van der Waals surface area (Å²) in [5.41, 5.74) is 4.71. The van der Waals surface area contributed by atoms with Gasteiger partial charge in [0.15, 0.2) is 0 Å². The van der Waals surface area contributed by atoms with Crippen LogP contribution in [0.15, 0.2) is 22.7 Å². The van der Waals surface area contributed by atoms with Gasteiger partial charge in [-0.25, -0.2) is 0 Å². The van der Waals surface area contributed by atoms with Gasteiger partial charge in [-0.3, -0.25) is 4.79 Å². The number of rotatable bonds is 3. The van der Waals surface area contributed by atoms with Gasteiger partial charge in [-0.2, -0.15) is 13.2 Å². The quantitative estimate of drug-likeness (QED) is 0.897. The number of halogens is 4. The number of carbonyl (C=O) groups is 1. The maximum atomic E-state index is 12.6. The Morgan fingerprint density at radius 2 is 2.06 bits per heavy atom. The molecule has 3 N–H and O–H groups in total. The Morgan fingerprint density at radius 1 is 1.44 bits per heavy atom. The van der Waals surface area contributed by atoms with Crippen LogP contribution in [0.1, 0.15) is 18.9 Å². The van der Waals surface area contributed by atoms with Gasteiger partial charge in [-0.1, -0.05) is 22.9 Å². The Hall–Kier alpha value is -1.08. The lowest BCUT2D eigenvalue weighted by molar-refractivity contribution is -0.137. The molecule has 1 aromatic carbocycles. The zero-order valence-corrected chi connectivity index (χ0v) is 11.1. The summed E-state index contributed by atoms with van der Waals surface area (Å²) in [7, 11) is 0. The summed E-state index contributed by atoms with van der Waals surface area (Å²) in [6.45, 7) is 1.71. The van der Waals surface area contributed by atoms with E-state index in [-0.39, 0.29) is 10.2 Å². The van der Waals surface area contributed by atoms with E-state index in [1.54, 1.807) is 6.92 Å². The fourth-order valence-electron chi connectivity index (χ4n) is 1.25. The van der Waals surface area contributed by atoms with Gasteiger partial charge >= 0.3 is 6.18 Å². The molecule has 1 amide bonds. The molecule has 0 radical (unpaired) electrons. The number of amides is 1. The molecule has 1 atom stereocenters. The van der Waals surface area contributed by atoms with E-state index >= 15 is 0 Å². The molecule has 0 bridgehead atoms. The van der Waals surface area contributed by atoms with Crippen LogP contribution in [-0.2, 0) is 11.0 Å². The van der Waals surface area contributed by atoms with Crippen molar-refractivity contribution in [3.8, 4) is 0 Å². The van der Waals surface area contributed by atoms with Gasteiger partial charge < -0.3 is 11.1 Å². The fourth-order valence-corrected chi connectivity index (χ4v) is 1.74. The third-order valence-electron chi connectivity index (χ3n) is 2.27. The second kappa shape index (κ2) is 5.71. The predicted molar refractivity (Wildman–Crippen MR) is 66.0 cm³/mol. The summed E-state index contributed by atoms with van der Waals surface area (Å²) in [6, 6.07) is 2.45. The van der Waals surface area contributed by atoms with Crippen LogP contribution in [-0.4, -0.2) is 11.9 Å². The Balaban J connectivity index is 2.97.